The van der Waals surface area contributed by atoms with Crippen LogP contribution in [0.1, 0.15) is 32.8 Å². The van der Waals surface area contributed by atoms with E-state index in [1.54, 1.807) is 6.92 Å². The van der Waals surface area contributed by atoms with Crippen molar-refractivity contribution in [1.29, 1.82) is 0 Å². The number of hydrogen-bond acceptors (Lipinski definition) is 3. The molecule has 0 aliphatic heterocycles. The van der Waals surface area contributed by atoms with Gasteiger partial charge in [0.15, 0.2) is 0 Å². The molecular weight excluding hydrogens is 301 g/mol. The lowest BCUT2D eigenvalue weighted by Gasteiger charge is -2.18. The molecule has 0 radical (unpaired) electrons. The van der Waals surface area contributed by atoms with Gasteiger partial charge in [-0.05, 0) is 18.1 Å². The summed E-state index contributed by atoms with van der Waals surface area (Å²) < 4.78 is 38.6. The van der Waals surface area contributed by atoms with Gasteiger partial charge in [-0.3, -0.25) is 14.9 Å². The zero-order chi connectivity index (χ0) is 17.1. The third-order valence-corrected chi connectivity index (χ3v) is 3.68. The van der Waals surface area contributed by atoms with Gasteiger partial charge in [0.2, 0.25) is 5.91 Å². The predicted molar refractivity (Wildman–Crippen MR) is 75.3 cm³/mol. The van der Waals surface area contributed by atoms with Crippen LogP contribution >= 0.6 is 0 Å². The molecule has 0 aliphatic carbocycles. The van der Waals surface area contributed by atoms with Crippen LogP contribution in [0.25, 0.3) is 0 Å². The highest BCUT2D eigenvalue weighted by Crippen LogP contribution is 2.37. The number of anilines is 1. The summed E-state index contributed by atoms with van der Waals surface area (Å²) in [6.45, 7) is 5.45. The van der Waals surface area contributed by atoms with Crippen LogP contribution < -0.4 is 5.32 Å². The van der Waals surface area contributed by atoms with E-state index in [-0.39, 0.29) is 17.5 Å². The van der Waals surface area contributed by atoms with Crippen LogP contribution in [0, 0.1) is 22.0 Å². The third kappa shape index (κ3) is 4.19. The molecule has 1 aromatic carbocycles. The van der Waals surface area contributed by atoms with Gasteiger partial charge < -0.3 is 5.32 Å². The van der Waals surface area contributed by atoms with Crippen molar-refractivity contribution in [3.63, 3.8) is 0 Å². The van der Waals surface area contributed by atoms with Gasteiger partial charge in [0.1, 0.15) is 5.56 Å². The normalized spacial score (nSPS) is 14.3. The van der Waals surface area contributed by atoms with Gasteiger partial charge in [-0.1, -0.05) is 27.2 Å². The second kappa shape index (κ2) is 6.76. The molecule has 1 amide bonds. The Bertz CT molecular complexity index is 573. The van der Waals surface area contributed by atoms with Crippen molar-refractivity contribution in [1.82, 2.24) is 0 Å². The first-order valence-corrected chi connectivity index (χ1v) is 6.74. The minimum atomic E-state index is -4.87. The second-order valence-corrected chi connectivity index (χ2v) is 5.15. The lowest BCUT2D eigenvalue weighted by molar-refractivity contribution is -0.388. The molecule has 22 heavy (non-hydrogen) atoms. The van der Waals surface area contributed by atoms with Crippen LogP contribution in [-0.2, 0) is 11.0 Å². The van der Waals surface area contributed by atoms with Crippen LogP contribution in [0.2, 0.25) is 0 Å². The van der Waals surface area contributed by atoms with Gasteiger partial charge in [0, 0.05) is 17.7 Å². The number of carbonyl (C=O) groups is 1. The van der Waals surface area contributed by atoms with Crippen LogP contribution in [0.4, 0.5) is 24.5 Å². The molecule has 0 saturated heterocycles. The first kappa shape index (κ1) is 17.9. The van der Waals surface area contributed by atoms with Gasteiger partial charge in [0.25, 0.3) is 5.69 Å². The van der Waals surface area contributed by atoms with Gasteiger partial charge in [-0.2, -0.15) is 13.2 Å². The first-order chi connectivity index (χ1) is 10.1. The molecule has 0 fully saturated rings. The van der Waals surface area contributed by atoms with Crippen molar-refractivity contribution in [3.8, 4) is 0 Å². The molecule has 8 heteroatoms. The fourth-order valence-corrected chi connectivity index (χ4v) is 1.87. The van der Waals surface area contributed by atoms with E-state index in [9.17, 15) is 28.1 Å². The SMILES string of the molecule is CCC(C)C(C)C(=O)Nc1ccc([N+](=O)[O-])c(C(F)(F)F)c1. The molecule has 0 aliphatic rings. The molecule has 2 unspecified atom stereocenters. The lowest BCUT2D eigenvalue weighted by Crippen LogP contribution is -2.25. The molecule has 0 aromatic heterocycles. The number of amides is 1. The maximum absolute atomic E-state index is 12.9. The zero-order valence-electron chi connectivity index (χ0n) is 12.4. The van der Waals surface area contributed by atoms with Gasteiger partial charge in [-0.15, -0.1) is 0 Å². The van der Waals surface area contributed by atoms with Gasteiger partial charge in [-0.25, -0.2) is 0 Å². The first-order valence-electron chi connectivity index (χ1n) is 6.74. The van der Waals surface area contributed by atoms with Crippen molar-refractivity contribution in [2.45, 2.75) is 33.4 Å². The Morgan fingerprint density at radius 2 is 1.95 bits per heavy atom. The standard InChI is InChI=1S/C14H17F3N2O3/c1-4-8(2)9(3)13(20)18-10-5-6-12(19(21)22)11(7-10)14(15,16)17/h5-9H,4H2,1-3H3,(H,18,20). The number of nitro benzene ring substituents is 1. The quantitative estimate of drug-likeness (QED) is 0.652. The highest BCUT2D eigenvalue weighted by atomic mass is 19.4. The molecule has 1 N–H and O–H groups in total. The zero-order valence-corrected chi connectivity index (χ0v) is 12.4. The number of carbonyl (C=O) groups excluding carboxylic acids is 1. The van der Waals surface area contributed by atoms with Gasteiger partial charge >= 0.3 is 6.18 Å². The van der Waals surface area contributed by atoms with E-state index in [4.69, 9.17) is 0 Å². The van der Waals surface area contributed by atoms with E-state index < -0.39 is 28.3 Å². The number of alkyl halides is 3. The molecule has 0 saturated carbocycles. The van der Waals surface area contributed by atoms with Crippen LogP contribution in [-0.4, -0.2) is 10.8 Å². The van der Waals surface area contributed by atoms with Crippen LogP contribution in [0.15, 0.2) is 18.2 Å². The summed E-state index contributed by atoms with van der Waals surface area (Å²) in [4.78, 5) is 21.5. The summed E-state index contributed by atoms with van der Waals surface area (Å²) in [7, 11) is 0. The average Bonchev–Trinajstić information content (AvgIpc) is 2.44. The van der Waals surface area contributed by atoms with Crippen molar-refractivity contribution >= 4 is 17.3 Å². The Morgan fingerprint density at radius 3 is 2.41 bits per heavy atom. The van der Waals surface area contributed by atoms with E-state index in [2.05, 4.69) is 5.32 Å². The number of rotatable bonds is 5. The summed E-state index contributed by atoms with van der Waals surface area (Å²) in [5, 5.41) is 13.0. The Kier molecular flexibility index (Phi) is 5.51. The van der Waals surface area contributed by atoms with E-state index in [0.717, 1.165) is 18.6 Å². The molecular formula is C14H17F3N2O3. The highest BCUT2D eigenvalue weighted by molar-refractivity contribution is 5.92. The van der Waals surface area contributed by atoms with Crippen molar-refractivity contribution in [3.05, 3.63) is 33.9 Å². The van der Waals surface area contributed by atoms with Crippen LogP contribution in [0.3, 0.4) is 0 Å². The summed E-state index contributed by atoms with van der Waals surface area (Å²) in [6, 6.07) is 2.42. The molecule has 122 valence electrons. The Labute approximate surface area is 125 Å². The molecule has 1 rings (SSSR count). The third-order valence-electron chi connectivity index (χ3n) is 3.68. The largest absolute Gasteiger partial charge is 0.423 e. The number of nitrogens with zero attached hydrogens (tertiary/aromatic N) is 1. The summed E-state index contributed by atoms with van der Waals surface area (Å²) in [6.07, 6.45) is -4.12. The molecule has 0 spiro atoms. The monoisotopic (exact) mass is 318 g/mol. The maximum atomic E-state index is 12.9. The number of halogens is 3. The average molecular weight is 318 g/mol. The number of hydrogen-bond donors (Lipinski definition) is 1. The van der Waals surface area contributed by atoms with Crippen molar-refractivity contribution < 1.29 is 22.9 Å². The molecule has 0 heterocycles. The second-order valence-electron chi connectivity index (χ2n) is 5.15. The highest BCUT2D eigenvalue weighted by Gasteiger charge is 2.38. The summed E-state index contributed by atoms with van der Waals surface area (Å²) in [5.74, 6) is -0.731. The van der Waals surface area contributed by atoms with E-state index in [1.165, 1.54) is 0 Å². The minimum Gasteiger partial charge on any atom is -0.326 e. The lowest BCUT2D eigenvalue weighted by atomic mass is 9.93. The molecule has 5 nitrogen and oxygen atoms in total. The van der Waals surface area contributed by atoms with E-state index in [0.29, 0.717) is 6.07 Å². The molecule has 0 bridgehead atoms. The number of benzene rings is 1. The Morgan fingerprint density at radius 1 is 1.36 bits per heavy atom. The molecule has 2 atom stereocenters. The predicted octanol–water partition coefficient (Wildman–Crippen LogP) is 4.23. The van der Waals surface area contributed by atoms with Crippen molar-refractivity contribution in [2.75, 3.05) is 5.32 Å². The van der Waals surface area contributed by atoms with Crippen LogP contribution in [0.5, 0.6) is 0 Å². The van der Waals surface area contributed by atoms with E-state index in [1.807, 2.05) is 13.8 Å². The molecule has 1 aromatic rings. The number of nitro groups is 1. The smallest absolute Gasteiger partial charge is 0.326 e. The summed E-state index contributed by atoms with van der Waals surface area (Å²) >= 11 is 0. The maximum Gasteiger partial charge on any atom is 0.423 e. The number of nitrogens with one attached hydrogen (secondary N) is 1. The topological polar surface area (TPSA) is 72.2 Å². The Hall–Kier alpha value is -2.12. The minimum absolute atomic E-state index is 0.0696. The van der Waals surface area contributed by atoms with Crippen molar-refractivity contribution in [2.24, 2.45) is 11.8 Å². The van der Waals surface area contributed by atoms with Gasteiger partial charge in [0.05, 0.1) is 4.92 Å². The fraction of sp³-hybridized carbons (Fsp3) is 0.500. The fourth-order valence-electron chi connectivity index (χ4n) is 1.87. The summed E-state index contributed by atoms with van der Waals surface area (Å²) in [5.41, 5.74) is -2.54. The van der Waals surface area contributed by atoms with E-state index >= 15 is 0 Å². The Balaban J connectivity index is 3.08.